The highest BCUT2D eigenvalue weighted by Gasteiger charge is 2.20. The molecule has 1 nitrogen and oxygen atoms in total. The van der Waals surface area contributed by atoms with Crippen LogP contribution in [0.15, 0.2) is 186 Å². The molecule has 54 heavy (non-hydrogen) atoms. The van der Waals surface area contributed by atoms with E-state index in [1.807, 2.05) is 11.3 Å². The zero-order valence-corrected chi connectivity index (χ0v) is 30.0. The molecule has 0 unspecified atom stereocenters. The van der Waals surface area contributed by atoms with Crippen LogP contribution in [-0.2, 0) is 0 Å². The first-order valence-electron chi connectivity index (χ1n) is 18.5. The Balaban J connectivity index is 1.10. The SMILES string of the molecule is c1ccc(-c2c3ccccc3c(-c3ccc(-c4ccc5sc6ccc7c(oc8ccc9ccccc9c87)c6c5c4)c4ccccc34)c3ccccc23)cc1. The number of benzene rings is 10. The van der Waals surface area contributed by atoms with Gasteiger partial charge in [-0.25, -0.2) is 0 Å². The third kappa shape index (κ3) is 4.20. The average Bonchev–Trinajstić information content (AvgIpc) is 3.81. The van der Waals surface area contributed by atoms with Crippen molar-refractivity contribution in [3.63, 3.8) is 0 Å². The van der Waals surface area contributed by atoms with Gasteiger partial charge in [0.15, 0.2) is 0 Å². The van der Waals surface area contributed by atoms with Crippen molar-refractivity contribution in [3.8, 4) is 33.4 Å². The van der Waals surface area contributed by atoms with Crippen molar-refractivity contribution in [1.29, 1.82) is 0 Å². The summed E-state index contributed by atoms with van der Waals surface area (Å²) in [6.07, 6.45) is 0. The summed E-state index contributed by atoms with van der Waals surface area (Å²) in [4.78, 5) is 0. The molecule has 0 aliphatic rings. The number of furan rings is 1. The molecule has 0 amide bonds. The van der Waals surface area contributed by atoms with Gasteiger partial charge in [-0.1, -0.05) is 152 Å². The number of hydrogen-bond donors (Lipinski definition) is 0. The van der Waals surface area contributed by atoms with Gasteiger partial charge in [-0.2, -0.15) is 0 Å². The highest BCUT2D eigenvalue weighted by Crippen LogP contribution is 2.48. The normalized spacial score (nSPS) is 12.1. The van der Waals surface area contributed by atoms with Crippen molar-refractivity contribution in [3.05, 3.63) is 182 Å². The van der Waals surface area contributed by atoms with Gasteiger partial charge in [0.05, 0.1) is 0 Å². The molecule has 0 atom stereocenters. The first-order valence-corrected chi connectivity index (χ1v) is 19.3. The molecule has 0 saturated carbocycles. The molecule has 10 aromatic carbocycles. The number of fused-ring (bicyclic) bond motifs is 12. The molecule has 250 valence electrons. The van der Waals surface area contributed by atoms with Gasteiger partial charge < -0.3 is 4.42 Å². The molecule has 2 heteroatoms. The van der Waals surface area contributed by atoms with Crippen molar-refractivity contribution in [2.75, 3.05) is 0 Å². The van der Waals surface area contributed by atoms with Gasteiger partial charge in [-0.05, 0) is 107 Å². The zero-order chi connectivity index (χ0) is 35.3. The topological polar surface area (TPSA) is 13.1 Å². The first kappa shape index (κ1) is 29.8. The molecular weight excluding hydrogens is 673 g/mol. The lowest BCUT2D eigenvalue weighted by Crippen LogP contribution is -1.92. The van der Waals surface area contributed by atoms with E-state index in [2.05, 4.69) is 182 Å². The summed E-state index contributed by atoms with van der Waals surface area (Å²) < 4.78 is 9.25. The quantitative estimate of drug-likeness (QED) is 0.167. The second-order valence-electron chi connectivity index (χ2n) is 14.3. The van der Waals surface area contributed by atoms with E-state index >= 15 is 0 Å². The summed E-state index contributed by atoms with van der Waals surface area (Å²) in [5.74, 6) is 0. The molecule has 2 aromatic heterocycles. The van der Waals surface area contributed by atoms with Crippen molar-refractivity contribution in [1.82, 2.24) is 0 Å². The minimum Gasteiger partial charge on any atom is -0.455 e. The molecular formula is C52H30OS. The molecule has 2 heterocycles. The Morgan fingerprint density at radius 3 is 1.67 bits per heavy atom. The Hall–Kier alpha value is -6.74. The summed E-state index contributed by atoms with van der Waals surface area (Å²) in [6.45, 7) is 0. The Kier molecular flexibility index (Phi) is 6.28. The van der Waals surface area contributed by atoms with Crippen LogP contribution < -0.4 is 0 Å². The van der Waals surface area contributed by atoms with Crippen LogP contribution in [0.3, 0.4) is 0 Å². The van der Waals surface area contributed by atoms with Gasteiger partial charge in [0.2, 0.25) is 0 Å². The summed E-state index contributed by atoms with van der Waals surface area (Å²) in [5.41, 5.74) is 9.40. The summed E-state index contributed by atoms with van der Waals surface area (Å²) in [7, 11) is 0. The van der Waals surface area contributed by atoms with Gasteiger partial charge in [0, 0.05) is 30.9 Å². The van der Waals surface area contributed by atoms with E-state index in [4.69, 9.17) is 4.42 Å². The van der Waals surface area contributed by atoms with Gasteiger partial charge in [0.1, 0.15) is 11.2 Å². The average molecular weight is 703 g/mol. The molecule has 0 bridgehead atoms. The molecule has 0 fully saturated rings. The van der Waals surface area contributed by atoms with Crippen LogP contribution in [0, 0.1) is 0 Å². The van der Waals surface area contributed by atoms with E-state index in [1.54, 1.807) is 0 Å². The van der Waals surface area contributed by atoms with E-state index in [0.29, 0.717) is 0 Å². The van der Waals surface area contributed by atoms with Crippen molar-refractivity contribution in [2.24, 2.45) is 0 Å². The molecule has 0 spiro atoms. The molecule has 0 aliphatic heterocycles. The van der Waals surface area contributed by atoms with E-state index in [0.717, 1.165) is 11.2 Å². The Bertz CT molecular complexity index is 3440. The summed E-state index contributed by atoms with van der Waals surface area (Å²) >= 11 is 1.84. The van der Waals surface area contributed by atoms with Crippen LogP contribution in [0.25, 0.3) is 119 Å². The van der Waals surface area contributed by atoms with E-state index in [-0.39, 0.29) is 0 Å². The van der Waals surface area contributed by atoms with Crippen molar-refractivity contribution >= 4 is 96.5 Å². The predicted molar refractivity (Wildman–Crippen MR) is 233 cm³/mol. The minimum absolute atomic E-state index is 0.935. The van der Waals surface area contributed by atoms with Crippen molar-refractivity contribution < 1.29 is 4.42 Å². The fraction of sp³-hybridized carbons (Fsp3) is 0. The maximum absolute atomic E-state index is 6.73. The van der Waals surface area contributed by atoms with Crippen LogP contribution in [-0.4, -0.2) is 0 Å². The Morgan fingerprint density at radius 2 is 0.926 bits per heavy atom. The monoisotopic (exact) mass is 702 g/mol. The van der Waals surface area contributed by atoms with Crippen LogP contribution in [0.2, 0.25) is 0 Å². The molecule has 12 aromatic rings. The van der Waals surface area contributed by atoms with Crippen LogP contribution >= 0.6 is 11.3 Å². The molecule has 12 rings (SSSR count). The van der Waals surface area contributed by atoms with Crippen LogP contribution in [0.1, 0.15) is 0 Å². The fourth-order valence-corrected chi connectivity index (χ4v) is 10.2. The third-order valence-electron chi connectivity index (χ3n) is 11.5. The highest BCUT2D eigenvalue weighted by molar-refractivity contribution is 7.26. The third-order valence-corrected chi connectivity index (χ3v) is 12.6. The predicted octanol–water partition coefficient (Wildman–Crippen LogP) is 15.6. The molecule has 0 saturated heterocycles. The van der Waals surface area contributed by atoms with Crippen molar-refractivity contribution in [2.45, 2.75) is 0 Å². The second kappa shape index (κ2) is 11.4. The first-order chi connectivity index (χ1) is 26.8. The lowest BCUT2D eigenvalue weighted by molar-refractivity contribution is 0.673. The van der Waals surface area contributed by atoms with E-state index in [1.165, 1.54) is 107 Å². The number of thiophene rings is 1. The Labute approximate surface area is 314 Å². The van der Waals surface area contributed by atoms with E-state index in [9.17, 15) is 0 Å². The largest absolute Gasteiger partial charge is 0.455 e. The maximum atomic E-state index is 6.73. The summed E-state index contributed by atoms with van der Waals surface area (Å²) in [6, 6.07) is 66.7. The lowest BCUT2D eigenvalue weighted by Gasteiger charge is -2.19. The number of rotatable bonds is 3. The lowest BCUT2D eigenvalue weighted by atomic mass is 9.84. The standard InChI is InChI=1S/C52H30OS/c1-2-13-32(14-3-1)48-38-18-8-10-20-40(38)49(41-21-11-9-19-39(41)48)42-25-24-34(36-16-6-7-17-37(36)42)33-23-28-46-44(30-33)51-47(54-46)29-26-43-50-35-15-5-4-12-31(35)22-27-45(50)53-52(43)51/h1-30H. The number of hydrogen-bond acceptors (Lipinski definition) is 2. The van der Waals surface area contributed by atoms with Crippen LogP contribution in [0.4, 0.5) is 0 Å². The fourth-order valence-electron chi connectivity index (χ4n) is 9.14. The molecule has 0 aliphatic carbocycles. The van der Waals surface area contributed by atoms with Gasteiger partial charge in [-0.3, -0.25) is 0 Å². The van der Waals surface area contributed by atoms with E-state index < -0.39 is 0 Å². The minimum atomic E-state index is 0.935. The molecule has 0 N–H and O–H groups in total. The molecule has 0 radical (unpaired) electrons. The zero-order valence-electron chi connectivity index (χ0n) is 29.1. The Morgan fingerprint density at radius 1 is 0.333 bits per heavy atom. The van der Waals surface area contributed by atoms with Gasteiger partial charge in [0.25, 0.3) is 0 Å². The van der Waals surface area contributed by atoms with Gasteiger partial charge >= 0.3 is 0 Å². The smallest absolute Gasteiger partial charge is 0.144 e. The maximum Gasteiger partial charge on any atom is 0.144 e. The highest BCUT2D eigenvalue weighted by atomic mass is 32.1. The second-order valence-corrected chi connectivity index (χ2v) is 15.4. The van der Waals surface area contributed by atoms with Crippen LogP contribution in [0.5, 0.6) is 0 Å². The van der Waals surface area contributed by atoms with Gasteiger partial charge in [-0.15, -0.1) is 11.3 Å². The summed E-state index contributed by atoms with van der Waals surface area (Å²) in [5, 5.41) is 14.8.